The summed E-state index contributed by atoms with van der Waals surface area (Å²) in [6, 6.07) is 12.0. The van der Waals surface area contributed by atoms with Gasteiger partial charge in [-0.2, -0.15) is 5.26 Å². The third kappa shape index (κ3) is 2.94. The van der Waals surface area contributed by atoms with Crippen molar-refractivity contribution in [2.75, 3.05) is 11.6 Å². The van der Waals surface area contributed by atoms with Crippen LogP contribution < -0.4 is 5.32 Å². The first kappa shape index (κ1) is 13.6. The first-order valence-electron chi connectivity index (χ1n) is 6.05. The Morgan fingerprint density at radius 1 is 1.32 bits per heavy atom. The quantitative estimate of drug-likeness (QED) is 0.840. The molecular weight excluding hydrogens is 256 g/mol. The SMILES string of the molecule is CSc1cccc(NC(C)c2ccc(C)o2)c1C#N. The van der Waals surface area contributed by atoms with Crippen LogP contribution in [0.4, 0.5) is 5.69 Å². The summed E-state index contributed by atoms with van der Waals surface area (Å²) in [6.45, 7) is 3.94. The van der Waals surface area contributed by atoms with Crippen LogP contribution >= 0.6 is 11.8 Å². The molecule has 0 fully saturated rings. The molecule has 0 spiro atoms. The van der Waals surface area contributed by atoms with E-state index >= 15 is 0 Å². The molecule has 1 N–H and O–H groups in total. The van der Waals surface area contributed by atoms with Crippen LogP contribution in [0.5, 0.6) is 0 Å². The minimum absolute atomic E-state index is 0.0258. The van der Waals surface area contributed by atoms with Crippen molar-refractivity contribution in [2.24, 2.45) is 0 Å². The highest BCUT2D eigenvalue weighted by Gasteiger charge is 2.13. The van der Waals surface area contributed by atoms with E-state index in [0.29, 0.717) is 5.56 Å². The molecule has 1 heterocycles. The van der Waals surface area contributed by atoms with Gasteiger partial charge in [0, 0.05) is 4.90 Å². The van der Waals surface area contributed by atoms with Crippen molar-refractivity contribution in [3.8, 4) is 6.07 Å². The van der Waals surface area contributed by atoms with E-state index in [1.807, 2.05) is 50.4 Å². The first-order chi connectivity index (χ1) is 9.15. The van der Waals surface area contributed by atoms with Gasteiger partial charge in [-0.25, -0.2) is 0 Å². The summed E-state index contributed by atoms with van der Waals surface area (Å²) in [7, 11) is 0. The highest BCUT2D eigenvalue weighted by Crippen LogP contribution is 2.29. The van der Waals surface area contributed by atoms with Crippen LogP contribution in [0.15, 0.2) is 39.6 Å². The van der Waals surface area contributed by atoms with Gasteiger partial charge in [-0.3, -0.25) is 0 Å². The monoisotopic (exact) mass is 272 g/mol. The molecule has 2 aromatic rings. The molecular formula is C15H16N2OS. The molecule has 98 valence electrons. The molecule has 0 amide bonds. The van der Waals surface area contributed by atoms with E-state index in [4.69, 9.17) is 4.42 Å². The van der Waals surface area contributed by atoms with Gasteiger partial charge in [-0.15, -0.1) is 11.8 Å². The number of rotatable bonds is 4. The average molecular weight is 272 g/mol. The fourth-order valence-electron chi connectivity index (χ4n) is 1.93. The molecule has 0 aliphatic rings. The normalized spacial score (nSPS) is 11.9. The van der Waals surface area contributed by atoms with Gasteiger partial charge < -0.3 is 9.73 Å². The zero-order chi connectivity index (χ0) is 13.8. The van der Waals surface area contributed by atoms with Gasteiger partial charge in [0.25, 0.3) is 0 Å². The Hall–Kier alpha value is -1.86. The van der Waals surface area contributed by atoms with Crippen LogP contribution in [0.25, 0.3) is 0 Å². The number of nitrogens with zero attached hydrogens (tertiary/aromatic N) is 1. The largest absolute Gasteiger partial charge is 0.464 e. The summed E-state index contributed by atoms with van der Waals surface area (Å²) >= 11 is 1.58. The van der Waals surface area contributed by atoms with Crippen molar-refractivity contribution in [1.29, 1.82) is 5.26 Å². The molecule has 3 nitrogen and oxygen atoms in total. The maximum absolute atomic E-state index is 9.29. The summed E-state index contributed by atoms with van der Waals surface area (Å²) in [5, 5.41) is 12.6. The van der Waals surface area contributed by atoms with Gasteiger partial charge in [0.05, 0.1) is 17.3 Å². The molecule has 1 atom stereocenters. The minimum atomic E-state index is 0.0258. The summed E-state index contributed by atoms with van der Waals surface area (Å²) in [5.74, 6) is 1.76. The summed E-state index contributed by atoms with van der Waals surface area (Å²) in [6.07, 6.45) is 1.97. The van der Waals surface area contributed by atoms with Crippen molar-refractivity contribution < 1.29 is 4.42 Å². The lowest BCUT2D eigenvalue weighted by atomic mass is 10.1. The molecule has 0 bridgehead atoms. The number of thioether (sulfide) groups is 1. The van der Waals surface area contributed by atoms with Gasteiger partial charge in [0.2, 0.25) is 0 Å². The zero-order valence-electron chi connectivity index (χ0n) is 11.2. The molecule has 0 aliphatic carbocycles. The van der Waals surface area contributed by atoms with Crippen molar-refractivity contribution in [1.82, 2.24) is 0 Å². The average Bonchev–Trinajstić information content (AvgIpc) is 2.85. The second kappa shape index (κ2) is 5.85. The highest BCUT2D eigenvalue weighted by atomic mass is 32.2. The molecule has 0 saturated heterocycles. The number of hydrogen-bond acceptors (Lipinski definition) is 4. The number of anilines is 1. The number of furan rings is 1. The Labute approximate surface area is 117 Å². The Morgan fingerprint density at radius 3 is 2.68 bits per heavy atom. The zero-order valence-corrected chi connectivity index (χ0v) is 12.0. The van der Waals surface area contributed by atoms with Gasteiger partial charge in [0.15, 0.2) is 0 Å². The molecule has 0 saturated carbocycles. The lowest BCUT2D eigenvalue weighted by Gasteiger charge is -2.15. The molecule has 0 radical (unpaired) electrons. The number of benzene rings is 1. The molecule has 19 heavy (non-hydrogen) atoms. The Balaban J connectivity index is 2.26. The summed E-state index contributed by atoms with van der Waals surface area (Å²) in [4.78, 5) is 0.982. The summed E-state index contributed by atoms with van der Waals surface area (Å²) in [5.41, 5.74) is 1.53. The van der Waals surface area contributed by atoms with Gasteiger partial charge in [-0.1, -0.05) is 6.07 Å². The number of aryl methyl sites for hydroxylation is 1. The molecule has 4 heteroatoms. The fourth-order valence-corrected chi connectivity index (χ4v) is 2.50. The molecule has 0 aliphatic heterocycles. The van der Waals surface area contributed by atoms with Gasteiger partial charge in [-0.05, 0) is 44.4 Å². The number of nitrogens with one attached hydrogen (secondary N) is 1. The maximum Gasteiger partial charge on any atom is 0.126 e. The lowest BCUT2D eigenvalue weighted by molar-refractivity contribution is 0.467. The Kier molecular flexibility index (Phi) is 4.18. The van der Waals surface area contributed by atoms with Crippen molar-refractivity contribution in [3.05, 3.63) is 47.4 Å². The molecule has 1 aromatic heterocycles. The minimum Gasteiger partial charge on any atom is -0.464 e. The van der Waals surface area contributed by atoms with Gasteiger partial charge in [0.1, 0.15) is 17.6 Å². The number of nitriles is 1. The van der Waals surface area contributed by atoms with E-state index in [9.17, 15) is 5.26 Å². The van der Waals surface area contributed by atoms with Crippen LogP contribution in [-0.2, 0) is 0 Å². The Bertz CT molecular complexity index is 613. The van der Waals surface area contributed by atoms with E-state index in [1.165, 1.54) is 0 Å². The van der Waals surface area contributed by atoms with Crippen LogP contribution in [0.3, 0.4) is 0 Å². The predicted octanol–water partition coefficient (Wildman–Crippen LogP) is 4.35. The second-order valence-corrected chi connectivity index (χ2v) is 5.16. The van der Waals surface area contributed by atoms with Crippen molar-refractivity contribution >= 4 is 17.4 Å². The predicted molar refractivity (Wildman–Crippen MR) is 78.4 cm³/mol. The van der Waals surface area contributed by atoms with E-state index in [-0.39, 0.29) is 6.04 Å². The standard InChI is InChI=1S/C15H16N2OS/c1-10-7-8-14(18-10)11(2)17-13-5-4-6-15(19-3)12(13)9-16/h4-8,11,17H,1-3H3. The van der Waals surface area contributed by atoms with Crippen LogP contribution in [0.2, 0.25) is 0 Å². The maximum atomic E-state index is 9.29. The lowest BCUT2D eigenvalue weighted by Crippen LogP contribution is -2.07. The fraction of sp³-hybridized carbons (Fsp3) is 0.267. The third-order valence-corrected chi connectivity index (χ3v) is 3.70. The Morgan fingerprint density at radius 2 is 2.11 bits per heavy atom. The van der Waals surface area contributed by atoms with E-state index < -0.39 is 0 Å². The highest BCUT2D eigenvalue weighted by molar-refractivity contribution is 7.98. The van der Waals surface area contributed by atoms with E-state index in [2.05, 4.69) is 11.4 Å². The van der Waals surface area contributed by atoms with Crippen molar-refractivity contribution in [2.45, 2.75) is 24.8 Å². The van der Waals surface area contributed by atoms with Crippen LogP contribution in [-0.4, -0.2) is 6.26 Å². The van der Waals surface area contributed by atoms with Gasteiger partial charge >= 0.3 is 0 Å². The van der Waals surface area contributed by atoms with Crippen molar-refractivity contribution in [3.63, 3.8) is 0 Å². The molecule has 2 rings (SSSR count). The molecule has 1 unspecified atom stereocenters. The van der Waals surface area contributed by atoms with E-state index in [0.717, 1.165) is 22.1 Å². The van der Waals surface area contributed by atoms with Crippen LogP contribution in [0, 0.1) is 18.3 Å². The topological polar surface area (TPSA) is 49.0 Å². The van der Waals surface area contributed by atoms with Crippen LogP contribution in [0.1, 0.15) is 30.0 Å². The first-order valence-corrected chi connectivity index (χ1v) is 7.28. The molecule has 1 aromatic carbocycles. The second-order valence-electron chi connectivity index (χ2n) is 4.31. The van der Waals surface area contributed by atoms with E-state index in [1.54, 1.807) is 11.8 Å². The smallest absolute Gasteiger partial charge is 0.126 e. The number of hydrogen-bond donors (Lipinski definition) is 1. The third-order valence-electron chi connectivity index (χ3n) is 2.92. The summed E-state index contributed by atoms with van der Waals surface area (Å²) < 4.78 is 5.60.